The van der Waals surface area contributed by atoms with Crippen LogP contribution in [-0.4, -0.2) is 23.3 Å². The molecular weight excluding hydrogens is 421 g/mol. The third kappa shape index (κ3) is 6.56. The van der Waals surface area contributed by atoms with E-state index in [1.165, 1.54) is 24.3 Å². The Labute approximate surface area is 174 Å². The Morgan fingerprint density at radius 2 is 1.81 bits per heavy atom. The summed E-state index contributed by atoms with van der Waals surface area (Å²) in [6.45, 7) is 5.18. The zero-order chi connectivity index (χ0) is 23.2. The van der Waals surface area contributed by atoms with Crippen LogP contribution in [0.15, 0.2) is 54.8 Å². The zero-order valence-corrected chi connectivity index (χ0v) is 16.2. The number of ketones is 1. The van der Waals surface area contributed by atoms with Crippen molar-refractivity contribution in [3.05, 3.63) is 70.5 Å². The van der Waals surface area contributed by atoms with Gasteiger partial charge in [-0.2, -0.15) is 13.2 Å². The molecule has 1 N–H and O–H groups in total. The fraction of sp³-hybridized carbons (Fsp3) is 0.200. The first-order chi connectivity index (χ1) is 14.5. The van der Waals surface area contributed by atoms with Crippen LogP contribution < -0.4 is 10.1 Å². The van der Waals surface area contributed by atoms with Crippen LogP contribution in [0.3, 0.4) is 0 Å². The van der Waals surface area contributed by atoms with Crippen LogP contribution in [0.2, 0.25) is 0 Å². The number of esters is 1. The number of alkyl halides is 3. The first-order valence-corrected chi connectivity index (χ1v) is 8.79. The molecule has 0 bridgehead atoms. The van der Waals surface area contributed by atoms with Crippen LogP contribution in [0.1, 0.15) is 18.9 Å². The number of nitrogens with zero attached hydrogens (tertiary/aromatic N) is 1. The van der Waals surface area contributed by atoms with Crippen molar-refractivity contribution in [1.82, 2.24) is 0 Å². The maximum atomic E-state index is 12.8. The van der Waals surface area contributed by atoms with Gasteiger partial charge in [-0.15, -0.1) is 0 Å². The number of halogens is 3. The number of Topliss-reactive ketones (excluding diaryl/α,β-unsaturated/α-hetero) is 1. The number of anilines is 2. The second kappa shape index (κ2) is 9.74. The molecule has 2 aromatic rings. The van der Waals surface area contributed by atoms with Gasteiger partial charge in [0.25, 0.3) is 5.69 Å². The minimum atomic E-state index is -4.71. The normalized spacial score (nSPS) is 10.8. The van der Waals surface area contributed by atoms with E-state index in [1.807, 2.05) is 0 Å². The van der Waals surface area contributed by atoms with Gasteiger partial charge in [0.15, 0.2) is 5.76 Å². The number of nitro benzene ring substituents is 1. The molecule has 0 fully saturated rings. The molecule has 11 heteroatoms. The summed E-state index contributed by atoms with van der Waals surface area (Å²) in [6, 6.07) is 7.80. The summed E-state index contributed by atoms with van der Waals surface area (Å²) in [5.74, 6) is -1.47. The predicted molar refractivity (Wildman–Crippen MR) is 104 cm³/mol. The average Bonchev–Trinajstić information content (AvgIpc) is 2.68. The van der Waals surface area contributed by atoms with E-state index in [4.69, 9.17) is 4.74 Å². The van der Waals surface area contributed by atoms with Crippen molar-refractivity contribution < 1.29 is 37.2 Å². The van der Waals surface area contributed by atoms with Gasteiger partial charge in [0.2, 0.25) is 5.78 Å². The molecule has 0 radical (unpaired) electrons. The number of rotatable bonds is 9. The van der Waals surface area contributed by atoms with E-state index >= 15 is 0 Å². The van der Waals surface area contributed by atoms with Crippen LogP contribution in [0.5, 0.6) is 5.75 Å². The minimum Gasteiger partial charge on any atom is -0.466 e. The van der Waals surface area contributed by atoms with Crippen LogP contribution in [0, 0.1) is 10.1 Å². The van der Waals surface area contributed by atoms with Crippen LogP contribution in [0.25, 0.3) is 0 Å². The average molecular weight is 438 g/mol. The van der Waals surface area contributed by atoms with Crippen molar-refractivity contribution in [1.29, 1.82) is 0 Å². The van der Waals surface area contributed by atoms with E-state index in [-0.39, 0.29) is 23.8 Å². The van der Waals surface area contributed by atoms with Crippen molar-refractivity contribution >= 4 is 28.8 Å². The van der Waals surface area contributed by atoms with Gasteiger partial charge >= 0.3 is 12.1 Å². The molecule has 0 aliphatic rings. The first-order valence-electron chi connectivity index (χ1n) is 8.79. The first kappa shape index (κ1) is 23.4. The molecule has 0 unspecified atom stereocenters. The zero-order valence-electron chi connectivity index (χ0n) is 16.2. The number of ether oxygens (including phenoxy) is 2. The van der Waals surface area contributed by atoms with E-state index in [9.17, 15) is 32.9 Å². The Hall–Kier alpha value is -3.89. The molecule has 0 aliphatic heterocycles. The number of carbonyl (C=O) groups excluding carboxylic acids is 2. The molecule has 0 atom stereocenters. The maximum absolute atomic E-state index is 12.8. The quantitative estimate of drug-likeness (QED) is 0.150. The second-order valence-corrected chi connectivity index (χ2v) is 6.07. The van der Waals surface area contributed by atoms with Gasteiger partial charge in [0, 0.05) is 11.8 Å². The van der Waals surface area contributed by atoms with Gasteiger partial charge in [0.1, 0.15) is 17.9 Å². The van der Waals surface area contributed by atoms with E-state index in [0.29, 0.717) is 11.8 Å². The maximum Gasteiger partial charge on any atom is 0.416 e. The molecule has 31 heavy (non-hydrogen) atoms. The van der Waals surface area contributed by atoms with Gasteiger partial charge in [-0.05, 0) is 43.3 Å². The molecule has 0 saturated carbocycles. The lowest BCUT2D eigenvalue weighted by Crippen LogP contribution is -2.15. The lowest BCUT2D eigenvalue weighted by molar-refractivity contribution is -0.384. The van der Waals surface area contributed by atoms with Gasteiger partial charge in [-0.3, -0.25) is 19.7 Å². The van der Waals surface area contributed by atoms with Gasteiger partial charge in [0.05, 0.1) is 17.1 Å². The van der Waals surface area contributed by atoms with Crippen molar-refractivity contribution in [2.24, 2.45) is 0 Å². The Bertz CT molecular complexity index is 1000. The number of hydrogen-bond acceptors (Lipinski definition) is 7. The fourth-order valence-corrected chi connectivity index (χ4v) is 2.37. The van der Waals surface area contributed by atoms with Crippen LogP contribution in [0.4, 0.5) is 30.2 Å². The number of hydrogen-bond donors (Lipinski definition) is 1. The molecule has 0 aliphatic carbocycles. The Balaban J connectivity index is 2.09. The smallest absolute Gasteiger partial charge is 0.416 e. The highest BCUT2D eigenvalue weighted by Crippen LogP contribution is 2.36. The van der Waals surface area contributed by atoms with E-state index in [0.717, 1.165) is 12.1 Å². The number of carbonyl (C=O) groups is 2. The highest BCUT2D eigenvalue weighted by atomic mass is 19.4. The van der Waals surface area contributed by atoms with E-state index < -0.39 is 40.5 Å². The molecule has 164 valence electrons. The Morgan fingerprint density at radius 1 is 1.16 bits per heavy atom. The van der Waals surface area contributed by atoms with Crippen molar-refractivity contribution in [2.45, 2.75) is 19.5 Å². The summed E-state index contributed by atoms with van der Waals surface area (Å²) in [5.41, 5.74) is -1.70. The van der Waals surface area contributed by atoms with Crippen molar-refractivity contribution in [3.8, 4) is 5.75 Å². The number of allylic oxidation sites excluding steroid dienone is 1. The minimum absolute atomic E-state index is 0.130. The summed E-state index contributed by atoms with van der Waals surface area (Å²) in [4.78, 5) is 33.4. The number of nitro groups is 1. The Kier molecular flexibility index (Phi) is 7.35. The fourth-order valence-electron chi connectivity index (χ4n) is 2.37. The molecule has 0 aromatic heterocycles. The molecule has 0 saturated heterocycles. The molecule has 2 aromatic carbocycles. The molecule has 0 heterocycles. The lowest BCUT2D eigenvalue weighted by Gasteiger charge is -2.12. The highest BCUT2D eigenvalue weighted by Gasteiger charge is 2.33. The standard InChI is InChI=1S/C20H17F3N2O6/c1-3-30-19(27)11-18(26)12(2)31-15-7-5-14(6-8-15)24-16-9-4-13(20(21,22)23)10-17(16)25(28)29/h4-10,24H,2-3,11H2,1H3. The monoisotopic (exact) mass is 438 g/mol. The molecule has 8 nitrogen and oxygen atoms in total. The molecule has 0 amide bonds. The number of nitrogens with one attached hydrogen (secondary N) is 1. The van der Waals surface area contributed by atoms with E-state index in [1.54, 1.807) is 6.92 Å². The van der Waals surface area contributed by atoms with Gasteiger partial charge in [-0.25, -0.2) is 0 Å². The summed E-state index contributed by atoms with van der Waals surface area (Å²) < 4.78 is 48.3. The predicted octanol–water partition coefficient (Wildman–Crippen LogP) is 4.77. The Morgan fingerprint density at radius 3 is 2.35 bits per heavy atom. The van der Waals surface area contributed by atoms with Gasteiger partial charge in [-0.1, -0.05) is 6.58 Å². The molecular formula is C20H17F3N2O6. The van der Waals surface area contributed by atoms with Gasteiger partial charge < -0.3 is 14.8 Å². The highest BCUT2D eigenvalue weighted by molar-refractivity contribution is 6.04. The van der Waals surface area contributed by atoms with Crippen LogP contribution in [-0.2, 0) is 20.5 Å². The van der Waals surface area contributed by atoms with Crippen molar-refractivity contribution in [2.75, 3.05) is 11.9 Å². The molecule has 2 rings (SSSR count). The second-order valence-electron chi connectivity index (χ2n) is 6.07. The van der Waals surface area contributed by atoms with E-state index in [2.05, 4.69) is 16.6 Å². The molecule has 0 spiro atoms. The number of benzene rings is 2. The van der Waals surface area contributed by atoms with Crippen LogP contribution >= 0.6 is 0 Å². The summed E-state index contributed by atoms with van der Waals surface area (Å²) >= 11 is 0. The summed E-state index contributed by atoms with van der Waals surface area (Å²) in [5, 5.41) is 13.8. The summed E-state index contributed by atoms with van der Waals surface area (Å²) in [6.07, 6.45) is -5.24. The van der Waals surface area contributed by atoms with Crippen molar-refractivity contribution in [3.63, 3.8) is 0 Å². The summed E-state index contributed by atoms with van der Waals surface area (Å²) in [7, 11) is 0. The topological polar surface area (TPSA) is 108 Å². The largest absolute Gasteiger partial charge is 0.466 e. The lowest BCUT2D eigenvalue weighted by atomic mass is 10.1. The third-order valence-corrected chi connectivity index (χ3v) is 3.82. The SMILES string of the molecule is C=C(Oc1ccc(Nc2ccc(C(F)(F)F)cc2[N+](=O)[O-])cc1)C(=O)CC(=O)OCC. The third-order valence-electron chi connectivity index (χ3n) is 3.82.